The molecule has 0 bridgehead atoms. The first-order valence-electron chi connectivity index (χ1n) is 10.5. The summed E-state index contributed by atoms with van der Waals surface area (Å²) >= 11 is 0. The minimum absolute atomic E-state index is 0.627. The van der Waals surface area contributed by atoms with Gasteiger partial charge in [0.25, 0.3) is 0 Å². The summed E-state index contributed by atoms with van der Waals surface area (Å²) in [7, 11) is 7.63. The summed E-state index contributed by atoms with van der Waals surface area (Å²) in [6.45, 7) is 5.15. The highest BCUT2D eigenvalue weighted by Gasteiger charge is 2.06. The number of aryl methyl sites for hydroxylation is 1. The smallest absolute Gasteiger partial charge is 0.191 e. The van der Waals surface area contributed by atoms with Crippen LogP contribution in [0.2, 0.25) is 0 Å². The van der Waals surface area contributed by atoms with Gasteiger partial charge in [0.1, 0.15) is 0 Å². The molecule has 6 nitrogen and oxygen atoms in total. The molecule has 0 radical (unpaired) electrons. The van der Waals surface area contributed by atoms with Gasteiger partial charge in [-0.25, -0.2) is 0 Å². The van der Waals surface area contributed by atoms with Crippen molar-refractivity contribution in [3.05, 3.63) is 59.2 Å². The van der Waals surface area contributed by atoms with Crippen LogP contribution in [0.25, 0.3) is 0 Å². The van der Waals surface area contributed by atoms with Crippen LogP contribution in [0, 0.1) is 0 Å². The number of benzene rings is 2. The lowest BCUT2D eigenvalue weighted by molar-refractivity contribution is 0.310. The SMILES string of the molecule is CCOc1cc(CCCNC(=NC)NCc2ccc(CN(C)C)cc2)ccc1OC. The van der Waals surface area contributed by atoms with Crippen molar-refractivity contribution in [2.75, 3.05) is 41.4 Å². The van der Waals surface area contributed by atoms with E-state index in [4.69, 9.17) is 9.47 Å². The quantitative estimate of drug-likeness (QED) is 0.336. The van der Waals surface area contributed by atoms with Crippen LogP contribution in [-0.4, -0.2) is 52.3 Å². The third-order valence-corrected chi connectivity index (χ3v) is 4.67. The highest BCUT2D eigenvalue weighted by atomic mass is 16.5. The number of nitrogens with one attached hydrogen (secondary N) is 2. The maximum atomic E-state index is 5.66. The Hall–Kier alpha value is -2.73. The average molecular weight is 413 g/mol. The third kappa shape index (κ3) is 7.95. The van der Waals surface area contributed by atoms with E-state index in [0.29, 0.717) is 6.61 Å². The van der Waals surface area contributed by atoms with E-state index in [-0.39, 0.29) is 0 Å². The maximum absolute atomic E-state index is 5.66. The molecule has 0 atom stereocenters. The summed E-state index contributed by atoms with van der Waals surface area (Å²) < 4.78 is 11.0. The Kier molecular flexibility index (Phi) is 10.0. The first-order valence-corrected chi connectivity index (χ1v) is 10.5. The lowest BCUT2D eigenvalue weighted by Gasteiger charge is -2.14. The van der Waals surface area contributed by atoms with Crippen molar-refractivity contribution in [3.63, 3.8) is 0 Å². The van der Waals surface area contributed by atoms with Crippen LogP contribution in [0.3, 0.4) is 0 Å². The molecule has 0 aromatic heterocycles. The van der Waals surface area contributed by atoms with Crippen molar-refractivity contribution < 1.29 is 9.47 Å². The van der Waals surface area contributed by atoms with Crippen LogP contribution in [0.4, 0.5) is 0 Å². The van der Waals surface area contributed by atoms with E-state index in [0.717, 1.165) is 49.9 Å². The van der Waals surface area contributed by atoms with Crippen molar-refractivity contribution in [1.29, 1.82) is 0 Å². The van der Waals surface area contributed by atoms with Gasteiger partial charge in [-0.3, -0.25) is 4.99 Å². The molecule has 2 aromatic rings. The van der Waals surface area contributed by atoms with E-state index in [2.05, 4.69) is 71.0 Å². The lowest BCUT2D eigenvalue weighted by Crippen LogP contribution is -2.37. The molecule has 0 aliphatic heterocycles. The van der Waals surface area contributed by atoms with Gasteiger partial charge < -0.3 is 25.0 Å². The molecule has 6 heteroatoms. The molecule has 0 amide bonds. The standard InChI is InChI=1S/C24H36N4O2/c1-6-30-23-16-19(13-14-22(23)29-5)8-7-15-26-24(25-2)27-17-20-9-11-21(12-10-20)18-28(3)4/h9-14,16H,6-8,15,17-18H2,1-5H3,(H2,25,26,27). The molecule has 2 N–H and O–H groups in total. The van der Waals surface area contributed by atoms with Crippen molar-refractivity contribution in [3.8, 4) is 11.5 Å². The van der Waals surface area contributed by atoms with Gasteiger partial charge in [0.05, 0.1) is 13.7 Å². The predicted molar refractivity (Wildman–Crippen MR) is 125 cm³/mol. The number of aliphatic imine (C=N–C) groups is 1. The van der Waals surface area contributed by atoms with Gasteiger partial charge in [0.15, 0.2) is 17.5 Å². The Bertz CT molecular complexity index is 788. The monoisotopic (exact) mass is 412 g/mol. The van der Waals surface area contributed by atoms with Gasteiger partial charge in [0, 0.05) is 26.7 Å². The van der Waals surface area contributed by atoms with E-state index >= 15 is 0 Å². The Labute approximate surface area is 181 Å². The molecular formula is C24H36N4O2. The zero-order chi connectivity index (χ0) is 21.8. The third-order valence-electron chi connectivity index (χ3n) is 4.67. The van der Waals surface area contributed by atoms with Crippen LogP contribution >= 0.6 is 0 Å². The fraction of sp³-hybridized carbons (Fsp3) is 0.458. The van der Waals surface area contributed by atoms with E-state index in [1.165, 1.54) is 16.7 Å². The first-order chi connectivity index (χ1) is 14.5. The summed E-state index contributed by atoms with van der Waals surface area (Å²) in [5, 5.41) is 6.76. The minimum Gasteiger partial charge on any atom is -0.493 e. The number of methoxy groups -OCH3 is 1. The van der Waals surface area contributed by atoms with Gasteiger partial charge in [-0.15, -0.1) is 0 Å². The molecule has 30 heavy (non-hydrogen) atoms. The average Bonchev–Trinajstić information content (AvgIpc) is 2.74. The second-order valence-electron chi connectivity index (χ2n) is 7.43. The van der Waals surface area contributed by atoms with E-state index < -0.39 is 0 Å². The number of nitrogens with zero attached hydrogens (tertiary/aromatic N) is 2. The molecule has 2 aromatic carbocycles. The number of hydrogen-bond acceptors (Lipinski definition) is 4. The van der Waals surface area contributed by atoms with Crippen molar-refractivity contribution in [1.82, 2.24) is 15.5 Å². The summed E-state index contributed by atoms with van der Waals surface area (Å²) in [6, 6.07) is 14.8. The van der Waals surface area contributed by atoms with Crippen LogP contribution in [0.5, 0.6) is 11.5 Å². The molecular weight excluding hydrogens is 376 g/mol. The van der Waals surface area contributed by atoms with Gasteiger partial charge in [-0.05, 0) is 62.7 Å². The topological polar surface area (TPSA) is 58.1 Å². The van der Waals surface area contributed by atoms with E-state index in [9.17, 15) is 0 Å². The van der Waals surface area contributed by atoms with Gasteiger partial charge in [-0.2, -0.15) is 0 Å². The maximum Gasteiger partial charge on any atom is 0.191 e. The highest BCUT2D eigenvalue weighted by Crippen LogP contribution is 2.28. The number of rotatable bonds is 11. The predicted octanol–water partition coefficient (Wildman–Crippen LogP) is 3.45. The molecule has 164 valence electrons. The minimum atomic E-state index is 0.627. The zero-order valence-corrected chi connectivity index (χ0v) is 19.0. The molecule has 0 saturated heterocycles. The van der Waals surface area contributed by atoms with Gasteiger partial charge in [-0.1, -0.05) is 30.3 Å². The highest BCUT2D eigenvalue weighted by molar-refractivity contribution is 5.79. The number of hydrogen-bond donors (Lipinski definition) is 2. The Morgan fingerprint density at radius 1 is 0.967 bits per heavy atom. The van der Waals surface area contributed by atoms with Gasteiger partial charge >= 0.3 is 0 Å². The molecule has 2 rings (SSSR count). The summed E-state index contributed by atoms with van der Waals surface area (Å²) in [4.78, 5) is 6.49. The Balaban J connectivity index is 1.75. The van der Waals surface area contributed by atoms with Crippen molar-refractivity contribution >= 4 is 5.96 Å². The second-order valence-corrected chi connectivity index (χ2v) is 7.43. The normalized spacial score (nSPS) is 11.5. The fourth-order valence-corrected chi connectivity index (χ4v) is 3.18. The van der Waals surface area contributed by atoms with E-state index in [1.807, 2.05) is 13.0 Å². The first kappa shape index (κ1) is 23.5. The van der Waals surface area contributed by atoms with Crippen LogP contribution in [-0.2, 0) is 19.5 Å². The van der Waals surface area contributed by atoms with Crippen LogP contribution in [0.15, 0.2) is 47.5 Å². The second kappa shape index (κ2) is 12.8. The summed E-state index contributed by atoms with van der Waals surface area (Å²) in [5.41, 5.74) is 3.79. The van der Waals surface area contributed by atoms with E-state index in [1.54, 1.807) is 14.2 Å². The molecule has 0 unspecified atom stereocenters. The van der Waals surface area contributed by atoms with Crippen LogP contribution < -0.4 is 20.1 Å². The molecule has 0 fully saturated rings. The molecule has 0 saturated carbocycles. The van der Waals surface area contributed by atoms with Crippen LogP contribution in [0.1, 0.15) is 30.0 Å². The van der Waals surface area contributed by atoms with Crippen molar-refractivity contribution in [2.24, 2.45) is 4.99 Å². The largest absolute Gasteiger partial charge is 0.493 e. The summed E-state index contributed by atoms with van der Waals surface area (Å²) in [6.07, 6.45) is 1.96. The van der Waals surface area contributed by atoms with Gasteiger partial charge in [0.2, 0.25) is 0 Å². The molecule has 0 spiro atoms. The lowest BCUT2D eigenvalue weighted by atomic mass is 10.1. The van der Waals surface area contributed by atoms with Crippen molar-refractivity contribution in [2.45, 2.75) is 32.9 Å². The molecule has 0 heterocycles. The summed E-state index contributed by atoms with van der Waals surface area (Å²) in [5.74, 6) is 2.40. The number of ether oxygens (including phenoxy) is 2. The molecule has 0 aliphatic carbocycles. The number of guanidine groups is 1. The molecule has 0 aliphatic rings. The zero-order valence-electron chi connectivity index (χ0n) is 19.0. The fourth-order valence-electron chi connectivity index (χ4n) is 3.18. The Morgan fingerprint density at radius 3 is 2.30 bits per heavy atom. The Morgan fingerprint density at radius 2 is 1.67 bits per heavy atom.